The molecule has 0 fully saturated rings. The van der Waals surface area contributed by atoms with Crippen LogP contribution in [0.25, 0.3) is 0 Å². The first-order valence-electron chi connectivity index (χ1n) is 8.93. The van der Waals surface area contributed by atoms with Crippen molar-refractivity contribution < 1.29 is 14.3 Å². The number of amides is 2. The minimum Gasteiger partial charge on any atom is -0.481 e. The molecular weight excluding hydrogens is 328 g/mol. The number of ether oxygens (including phenoxy) is 1. The van der Waals surface area contributed by atoms with Gasteiger partial charge < -0.3 is 15.4 Å². The Morgan fingerprint density at radius 3 is 2.19 bits per heavy atom. The Bertz CT molecular complexity index is 689. The highest BCUT2D eigenvalue weighted by molar-refractivity contribution is 5.82. The van der Waals surface area contributed by atoms with Crippen LogP contribution in [0.5, 0.6) is 5.75 Å². The zero-order valence-electron chi connectivity index (χ0n) is 15.1. The minimum absolute atomic E-state index is 0.117. The second-order valence-corrected chi connectivity index (χ2v) is 6.10. The zero-order valence-corrected chi connectivity index (χ0v) is 15.1. The molecule has 2 N–H and O–H groups in total. The molecule has 0 radical (unpaired) electrons. The highest BCUT2D eigenvalue weighted by atomic mass is 16.5. The molecule has 0 heterocycles. The molecule has 0 aliphatic rings. The number of hydrogen-bond donors (Lipinski definition) is 1. The van der Waals surface area contributed by atoms with Gasteiger partial charge >= 0.3 is 0 Å². The molecular formula is C21H26N2O3. The summed E-state index contributed by atoms with van der Waals surface area (Å²) in [4.78, 5) is 25.8. The quantitative estimate of drug-likeness (QED) is 0.713. The Balaban J connectivity index is 2.05. The third-order valence-corrected chi connectivity index (χ3v) is 4.12. The number of nitrogens with zero attached hydrogens (tertiary/aromatic N) is 1. The molecule has 2 aromatic rings. The van der Waals surface area contributed by atoms with Gasteiger partial charge in [-0.15, -0.1) is 0 Å². The molecule has 0 aromatic heterocycles. The number of benzene rings is 2. The van der Waals surface area contributed by atoms with Crippen molar-refractivity contribution in [3.63, 3.8) is 0 Å². The Labute approximate surface area is 154 Å². The van der Waals surface area contributed by atoms with E-state index in [1.807, 2.05) is 67.6 Å². The van der Waals surface area contributed by atoms with Crippen LogP contribution < -0.4 is 10.5 Å². The lowest BCUT2D eigenvalue weighted by atomic mass is 10.1. The molecule has 5 nitrogen and oxygen atoms in total. The third kappa shape index (κ3) is 6.24. The van der Waals surface area contributed by atoms with Crippen molar-refractivity contribution in [2.24, 2.45) is 5.73 Å². The van der Waals surface area contributed by atoms with Gasteiger partial charge in [0.25, 0.3) is 5.91 Å². The first-order chi connectivity index (χ1) is 12.6. The van der Waals surface area contributed by atoms with Crippen LogP contribution in [0.4, 0.5) is 0 Å². The Morgan fingerprint density at radius 1 is 1.00 bits per heavy atom. The summed E-state index contributed by atoms with van der Waals surface area (Å²) >= 11 is 0. The lowest BCUT2D eigenvalue weighted by Crippen LogP contribution is -2.44. The number of primary amides is 1. The van der Waals surface area contributed by atoms with E-state index in [4.69, 9.17) is 10.5 Å². The van der Waals surface area contributed by atoms with E-state index in [9.17, 15) is 9.59 Å². The summed E-state index contributed by atoms with van der Waals surface area (Å²) < 4.78 is 5.86. The molecule has 138 valence electrons. The summed E-state index contributed by atoms with van der Waals surface area (Å²) in [6, 6.07) is 19.2. The molecule has 0 saturated carbocycles. The molecule has 2 amide bonds. The van der Waals surface area contributed by atoms with Gasteiger partial charge in [0.1, 0.15) is 5.75 Å². The van der Waals surface area contributed by atoms with Crippen LogP contribution >= 0.6 is 0 Å². The van der Waals surface area contributed by atoms with E-state index in [1.54, 1.807) is 4.90 Å². The van der Waals surface area contributed by atoms with E-state index in [1.165, 1.54) is 0 Å². The molecule has 26 heavy (non-hydrogen) atoms. The first kappa shape index (κ1) is 19.5. The first-order valence-corrected chi connectivity index (χ1v) is 8.93. The smallest absolute Gasteiger partial charge is 0.263 e. The number of para-hydroxylation sites is 1. The average molecular weight is 354 g/mol. The lowest BCUT2D eigenvalue weighted by molar-refractivity contribution is -0.139. The van der Waals surface area contributed by atoms with Crippen LogP contribution in [-0.2, 0) is 16.0 Å². The summed E-state index contributed by atoms with van der Waals surface area (Å²) in [7, 11) is 0. The Morgan fingerprint density at radius 2 is 1.62 bits per heavy atom. The SMILES string of the molecule is CCC(Oc1ccccc1)C(=O)N(CCC(N)=O)CCc1ccccc1. The van der Waals surface area contributed by atoms with Gasteiger partial charge in [-0.25, -0.2) is 0 Å². The highest BCUT2D eigenvalue weighted by Gasteiger charge is 2.24. The van der Waals surface area contributed by atoms with Gasteiger partial charge in [0.15, 0.2) is 6.10 Å². The van der Waals surface area contributed by atoms with Crippen molar-refractivity contribution in [2.75, 3.05) is 13.1 Å². The molecule has 1 atom stereocenters. The van der Waals surface area contributed by atoms with Crippen LogP contribution in [-0.4, -0.2) is 35.9 Å². The third-order valence-electron chi connectivity index (χ3n) is 4.12. The van der Waals surface area contributed by atoms with Gasteiger partial charge in [0, 0.05) is 19.5 Å². The molecule has 0 saturated heterocycles. The second-order valence-electron chi connectivity index (χ2n) is 6.10. The topological polar surface area (TPSA) is 72.6 Å². The maximum absolute atomic E-state index is 13.0. The Kier molecular flexibility index (Phi) is 7.68. The largest absolute Gasteiger partial charge is 0.481 e. The van der Waals surface area contributed by atoms with Crippen LogP contribution in [0.3, 0.4) is 0 Å². The van der Waals surface area contributed by atoms with Crippen molar-refractivity contribution >= 4 is 11.8 Å². The van der Waals surface area contributed by atoms with Crippen LogP contribution in [0, 0.1) is 0 Å². The standard InChI is InChI=1S/C21H26N2O3/c1-2-19(26-18-11-7-4-8-12-18)21(25)23(16-14-20(22)24)15-13-17-9-5-3-6-10-17/h3-12,19H,2,13-16H2,1H3,(H2,22,24). The van der Waals surface area contributed by atoms with Crippen molar-refractivity contribution in [3.05, 3.63) is 66.2 Å². The summed E-state index contributed by atoms with van der Waals surface area (Å²) in [5.41, 5.74) is 6.41. The number of nitrogens with two attached hydrogens (primary N) is 1. The van der Waals surface area contributed by atoms with Gasteiger partial charge in [-0.3, -0.25) is 9.59 Å². The Hall–Kier alpha value is -2.82. The van der Waals surface area contributed by atoms with E-state index in [0.717, 1.165) is 5.56 Å². The van der Waals surface area contributed by atoms with E-state index in [-0.39, 0.29) is 12.3 Å². The predicted octanol–water partition coefficient (Wildman–Crippen LogP) is 2.79. The fourth-order valence-corrected chi connectivity index (χ4v) is 2.66. The molecule has 2 aromatic carbocycles. The van der Waals surface area contributed by atoms with Crippen LogP contribution in [0.15, 0.2) is 60.7 Å². The van der Waals surface area contributed by atoms with Gasteiger partial charge in [0.2, 0.25) is 5.91 Å². The van der Waals surface area contributed by atoms with E-state index in [2.05, 4.69) is 0 Å². The maximum Gasteiger partial charge on any atom is 0.263 e. The number of hydrogen-bond acceptors (Lipinski definition) is 3. The monoisotopic (exact) mass is 354 g/mol. The van der Waals surface area contributed by atoms with Gasteiger partial charge in [-0.05, 0) is 30.5 Å². The van der Waals surface area contributed by atoms with Crippen molar-refractivity contribution in [3.8, 4) is 5.75 Å². The number of rotatable bonds is 10. The minimum atomic E-state index is -0.582. The molecule has 1 unspecified atom stereocenters. The molecule has 0 aliphatic carbocycles. The number of carbonyl (C=O) groups excluding carboxylic acids is 2. The fraction of sp³-hybridized carbons (Fsp3) is 0.333. The van der Waals surface area contributed by atoms with Crippen LogP contribution in [0.2, 0.25) is 0 Å². The number of carbonyl (C=O) groups is 2. The zero-order chi connectivity index (χ0) is 18.8. The summed E-state index contributed by atoms with van der Waals surface area (Å²) in [5.74, 6) is 0.124. The molecule has 0 spiro atoms. The van der Waals surface area contributed by atoms with Crippen molar-refractivity contribution in [2.45, 2.75) is 32.3 Å². The van der Waals surface area contributed by atoms with Gasteiger partial charge in [-0.1, -0.05) is 55.5 Å². The predicted molar refractivity (Wildman–Crippen MR) is 102 cm³/mol. The maximum atomic E-state index is 13.0. The van der Waals surface area contributed by atoms with E-state index < -0.39 is 12.0 Å². The molecule has 5 heteroatoms. The molecule has 0 bridgehead atoms. The second kappa shape index (κ2) is 10.2. The highest BCUT2D eigenvalue weighted by Crippen LogP contribution is 2.15. The summed E-state index contributed by atoms with van der Waals surface area (Å²) in [6.45, 7) is 2.73. The van der Waals surface area contributed by atoms with E-state index >= 15 is 0 Å². The fourth-order valence-electron chi connectivity index (χ4n) is 2.66. The van der Waals surface area contributed by atoms with E-state index in [0.29, 0.717) is 31.7 Å². The van der Waals surface area contributed by atoms with Gasteiger partial charge in [0.05, 0.1) is 0 Å². The summed E-state index contributed by atoms with van der Waals surface area (Å²) in [6.07, 6.45) is 0.822. The molecule has 2 rings (SSSR count). The normalized spacial score (nSPS) is 11.6. The average Bonchev–Trinajstić information content (AvgIpc) is 2.67. The van der Waals surface area contributed by atoms with Crippen molar-refractivity contribution in [1.29, 1.82) is 0 Å². The van der Waals surface area contributed by atoms with Crippen LogP contribution in [0.1, 0.15) is 25.3 Å². The summed E-state index contributed by atoms with van der Waals surface area (Å²) in [5, 5.41) is 0. The van der Waals surface area contributed by atoms with Gasteiger partial charge in [-0.2, -0.15) is 0 Å². The molecule has 0 aliphatic heterocycles. The van der Waals surface area contributed by atoms with Crippen molar-refractivity contribution in [1.82, 2.24) is 4.90 Å². The lowest BCUT2D eigenvalue weighted by Gasteiger charge is -2.27.